The summed E-state index contributed by atoms with van der Waals surface area (Å²) in [6.07, 6.45) is 0. The molecule has 6 nitrogen and oxygen atoms in total. The van der Waals surface area contributed by atoms with Gasteiger partial charge < -0.3 is 10.3 Å². The largest absolute Gasteiger partial charge is 0.379 e. The van der Waals surface area contributed by atoms with Gasteiger partial charge in [-0.3, -0.25) is 15.2 Å². The van der Waals surface area contributed by atoms with E-state index in [0.717, 1.165) is 11.3 Å². The molecule has 0 aliphatic carbocycles. The summed E-state index contributed by atoms with van der Waals surface area (Å²) in [4.78, 5) is 21.8. The molecule has 3 aromatic rings. The van der Waals surface area contributed by atoms with Crippen LogP contribution in [-0.2, 0) is 6.54 Å². The number of nitrogens with zero attached hydrogens (tertiary/aromatic N) is 1. The van der Waals surface area contributed by atoms with E-state index in [2.05, 4.69) is 26.3 Å². The highest BCUT2D eigenvalue weighted by Crippen LogP contribution is 2.16. The minimum Gasteiger partial charge on any atom is -0.379 e. The standard InChI is InChI=1S/C20H20ClN5O/c1-12-3-8-17(13(2)9-12)23-11-16-10-18(27)25-20(24-16)26-19(22)14-4-6-15(21)7-5-14/h3-10,23H,11H2,1-2H3,(H3,22,24,25,26,27). The Labute approximate surface area is 161 Å². The Balaban J connectivity index is 1.82. The van der Waals surface area contributed by atoms with Crippen molar-refractivity contribution in [2.75, 3.05) is 5.32 Å². The van der Waals surface area contributed by atoms with Crippen LogP contribution in [0.25, 0.3) is 0 Å². The molecule has 0 unspecified atom stereocenters. The quantitative estimate of drug-likeness (QED) is 0.411. The molecule has 3 rings (SSSR count). The molecule has 4 N–H and O–H groups in total. The number of aryl methyl sites for hydroxylation is 2. The Kier molecular flexibility index (Phi) is 5.57. The maximum atomic E-state index is 11.9. The van der Waals surface area contributed by atoms with Gasteiger partial charge in [0.25, 0.3) is 5.56 Å². The van der Waals surface area contributed by atoms with Crippen molar-refractivity contribution in [2.45, 2.75) is 20.4 Å². The number of nitrogens with one attached hydrogen (secondary N) is 4. The first-order valence-electron chi connectivity index (χ1n) is 8.43. The van der Waals surface area contributed by atoms with Gasteiger partial charge in [0.15, 0.2) is 5.84 Å². The number of benzene rings is 2. The van der Waals surface area contributed by atoms with Gasteiger partial charge in [0, 0.05) is 28.0 Å². The van der Waals surface area contributed by atoms with Gasteiger partial charge >= 0.3 is 0 Å². The van der Waals surface area contributed by atoms with E-state index in [9.17, 15) is 4.79 Å². The maximum Gasteiger partial charge on any atom is 0.252 e. The molecular weight excluding hydrogens is 362 g/mol. The Hall–Kier alpha value is -3.12. The van der Waals surface area contributed by atoms with Crippen molar-refractivity contribution in [3.05, 3.63) is 91.9 Å². The zero-order valence-electron chi connectivity index (χ0n) is 15.1. The first-order chi connectivity index (χ1) is 12.9. The van der Waals surface area contributed by atoms with E-state index in [1.807, 2.05) is 26.0 Å². The topological polar surface area (TPSA) is 96.9 Å². The van der Waals surface area contributed by atoms with Crippen molar-refractivity contribution >= 4 is 23.1 Å². The van der Waals surface area contributed by atoms with Crippen molar-refractivity contribution in [2.24, 2.45) is 4.99 Å². The molecular formula is C20H20ClN5O. The van der Waals surface area contributed by atoms with Crippen LogP contribution in [-0.4, -0.2) is 15.8 Å². The van der Waals surface area contributed by atoms with E-state index >= 15 is 0 Å². The summed E-state index contributed by atoms with van der Waals surface area (Å²) in [5, 5.41) is 12.0. The van der Waals surface area contributed by atoms with Gasteiger partial charge in [-0.05, 0) is 49.7 Å². The first-order valence-corrected chi connectivity index (χ1v) is 8.81. The second kappa shape index (κ2) is 8.05. The van der Waals surface area contributed by atoms with Gasteiger partial charge in [0.2, 0.25) is 5.62 Å². The number of hydrogen-bond acceptors (Lipinski definition) is 3. The lowest BCUT2D eigenvalue weighted by atomic mass is 10.1. The fourth-order valence-corrected chi connectivity index (χ4v) is 2.79. The number of anilines is 1. The first kappa shape index (κ1) is 18.7. The molecule has 0 aliphatic rings. The number of hydrogen-bond donors (Lipinski definition) is 4. The molecule has 7 heteroatoms. The van der Waals surface area contributed by atoms with E-state index in [4.69, 9.17) is 17.0 Å². The Bertz CT molecular complexity index is 1100. The molecule has 138 valence electrons. The van der Waals surface area contributed by atoms with E-state index in [1.165, 1.54) is 11.6 Å². The third-order valence-corrected chi connectivity index (χ3v) is 4.27. The van der Waals surface area contributed by atoms with Crippen molar-refractivity contribution in [3.8, 4) is 0 Å². The second-order valence-electron chi connectivity index (χ2n) is 6.27. The lowest BCUT2D eigenvalue weighted by Crippen LogP contribution is -2.26. The molecule has 2 aromatic carbocycles. The smallest absolute Gasteiger partial charge is 0.252 e. The number of aromatic nitrogens is 2. The number of H-pyrrole nitrogens is 2. The normalized spacial score (nSPS) is 11.4. The molecule has 0 amide bonds. The highest BCUT2D eigenvalue weighted by atomic mass is 35.5. The molecule has 0 atom stereocenters. The zero-order chi connectivity index (χ0) is 19.4. The summed E-state index contributed by atoms with van der Waals surface area (Å²) >= 11 is 5.86. The fraction of sp³-hybridized carbons (Fsp3) is 0.150. The summed E-state index contributed by atoms with van der Waals surface area (Å²) in [6.45, 7) is 4.51. The lowest BCUT2D eigenvalue weighted by molar-refractivity contribution is 0.912. The molecule has 0 fully saturated rings. The fourth-order valence-electron chi connectivity index (χ4n) is 2.67. The van der Waals surface area contributed by atoms with Crippen LogP contribution in [0.3, 0.4) is 0 Å². The van der Waals surface area contributed by atoms with Crippen LogP contribution in [0.2, 0.25) is 5.02 Å². The third kappa shape index (κ3) is 4.95. The molecule has 27 heavy (non-hydrogen) atoms. The van der Waals surface area contributed by atoms with Crippen molar-refractivity contribution in [1.82, 2.24) is 9.97 Å². The number of aromatic amines is 2. The van der Waals surface area contributed by atoms with E-state index < -0.39 is 0 Å². The van der Waals surface area contributed by atoms with Crippen molar-refractivity contribution < 1.29 is 0 Å². The minimum atomic E-state index is -0.283. The molecule has 0 bridgehead atoms. The van der Waals surface area contributed by atoms with Crippen LogP contribution in [0, 0.1) is 19.3 Å². The average Bonchev–Trinajstić information content (AvgIpc) is 2.61. The van der Waals surface area contributed by atoms with E-state index in [1.54, 1.807) is 24.3 Å². The molecule has 0 saturated heterocycles. The lowest BCUT2D eigenvalue weighted by Gasteiger charge is -2.10. The van der Waals surface area contributed by atoms with Crippen LogP contribution < -0.4 is 16.5 Å². The highest BCUT2D eigenvalue weighted by molar-refractivity contribution is 6.30. The number of halogens is 1. The van der Waals surface area contributed by atoms with E-state index in [-0.39, 0.29) is 17.0 Å². The summed E-state index contributed by atoms with van der Waals surface area (Å²) in [7, 11) is 0. The second-order valence-corrected chi connectivity index (χ2v) is 6.71. The minimum absolute atomic E-state index is 0.0260. The molecule has 0 aliphatic heterocycles. The summed E-state index contributed by atoms with van der Waals surface area (Å²) in [5.41, 5.74) is 4.54. The van der Waals surface area contributed by atoms with Crippen LogP contribution in [0.4, 0.5) is 5.69 Å². The molecule has 0 radical (unpaired) electrons. The van der Waals surface area contributed by atoms with Crippen molar-refractivity contribution in [3.63, 3.8) is 0 Å². The van der Waals surface area contributed by atoms with Crippen LogP contribution in [0.15, 0.2) is 58.3 Å². The summed E-state index contributed by atoms with van der Waals surface area (Å²) in [5.74, 6) is 0.0260. The predicted octanol–water partition coefficient (Wildman–Crippen LogP) is 3.51. The van der Waals surface area contributed by atoms with Crippen LogP contribution in [0.1, 0.15) is 22.4 Å². The number of rotatable bonds is 4. The molecule has 1 aromatic heterocycles. The Morgan fingerprint density at radius 2 is 1.85 bits per heavy atom. The van der Waals surface area contributed by atoms with Crippen LogP contribution in [0.5, 0.6) is 0 Å². The molecule has 1 heterocycles. The maximum absolute atomic E-state index is 11.9. The zero-order valence-corrected chi connectivity index (χ0v) is 15.8. The van der Waals surface area contributed by atoms with Gasteiger partial charge in [-0.2, -0.15) is 4.99 Å². The Morgan fingerprint density at radius 3 is 2.56 bits per heavy atom. The van der Waals surface area contributed by atoms with Gasteiger partial charge in [0.05, 0.1) is 6.54 Å². The third-order valence-electron chi connectivity index (χ3n) is 4.02. The van der Waals surface area contributed by atoms with Crippen molar-refractivity contribution in [1.29, 1.82) is 5.41 Å². The van der Waals surface area contributed by atoms with Gasteiger partial charge in [-0.25, -0.2) is 0 Å². The van der Waals surface area contributed by atoms with Gasteiger partial charge in [-0.15, -0.1) is 0 Å². The predicted molar refractivity (Wildman–Crippen MR) is 108 cm³/mol. The van der Waals surface area contributed by atoms with Gasteiger partial charge in [-0.1, -0.05) is 29.3 Å². The van der Waals surface area contributed by atoms with Gasteiger partial charge in [0.1, 0.15) is 0 Å². The summed E-state index contributed by atoms with van der Waals surface area (Å²) in [6, 6.07) is 14.4. The number of amidine groups is 1. The van der Waals surface area contributed by atoms with Crippen LogP contribution >= 0.6 is 11.6 Å². The molecule has 0 spiro atoms. The summed E-state index contributed by atoms with van der Waals surface area (Å²) < 4.78 is 0. The highest BCUT2D eigenvalue weighted by Gasteiger charge is 2.02. The Morgan fingerprint density at radius 1 is 1.11 bits per heavy atom. The van der Waals surface area contributed by atoms with E-state index in [0.29, 0.717) is 22.8 Å². The molecule has 0 saturated carbocycles. The average molecular weight is 382 g/mol. The monoisotopic (exact) mass is 381 g/mol. The SMILES string of the molecule is Cc1ccc(NCc2cc(=O)[nH]/c(=N\C(=N)c3ccc(Cl)cc3)[nH]2)c(C)c1.